The molecule has 4 rings (SSSR count). The molecular weight excluding hydrogens is 494 g/mol. The molecule has 4 heterocycles. The first-order chi connectivity index (χ1) is 15.8. The Kier molecular flexibility index (Phi) is 6.30. The fourth-order valence-corrected chi connectivity index (χ4v) is 5.50. The standard InChI is InChI=1S/C17H15N7O6S3/c1-6-8(32-5-19-6)3-2-7-4-31-15-10(13(26)24(15)14(7)30-17(27)28)20-12(25)9(22-29)11-21-16(18)33-23-11/h2-3,5,10,15,29H,4H2,1H3,(H,20,25)(H,27,28)(H2,18,21,23)/t10?,15-/m0/s1. The van der Waals surface area contributed by atoms with E-state index in [0.717, 1.165) is 22.1 Å². The number of hydrogen-bond donors (Lipinski definition) is 4. The molecule has 1 fully saturated rings. The van der Waals surface area contributed by atoms with Crippen LogP contribution in [0.3, 0.4) is 0 Å². The Morgan fingerprint density at radius 2 is 2.21 bits per heavy atom. The van der Waals surface area contributed by atoms with Crippen LogP contribution in [0.15, 0.2) is 28.2 Å². The Labute approximate surface area is 197 Å². The van der Waals surface area contributed by atoms with Gasteiger partial charge in [-0.15, -0.1) is 23.1 Å². The number of fused-ring (bicyclic) bond motifs is 1. The predicted molar refractivity (Wildman–Crippen MR) is 120 cm³/mol. The van der Waals surface area contributed by atoms with E-state index in [4.69, 9.17) is 15.6 Å². The van der Waals surface area contributed by atoms with Crippen molar-refractivity contribution in [1.29, 1.82) is 0 Å². The molecule has 172 valence electrons. The third-order valence-corrected chi connectivity index (χ3v) is 7.34. The van der Waals surface area contributed by atoms with Crippen molar-refractivity contribution in [2.75, 3.05) is 11.5 Å². The number of carbonyl (C=O) groups excluding carboxylic acids is 2. The fraction of sp³-hybridized carbons (Fsp3) is 0.235. The van der Waals surface area contributed by atoms with Gasteiger partial charge in [-0.25, -0.2) is 9.78 Å². The van der Waals surface area contributed by atoms with Crippen LogP contribution in [0.5, 0.6) is 0 Å². The van der Waals surface area contributed by atoms with Crippen molar-refractivity contribution in [2.45, 2.75) is 18.3 Å². The van der Waals surface area contributed by atoms with Crippen LogP contribution < -0.4 is 11.1 Å². The van der Waals surface area contributed by atoms with Crippen LogP contribution >= 0.6 is 34.6 Å². The van der Waals surface area contributed by atoms with Crippen molar-refractivity contribution >= 4 is 69.5 Å². The molecule has 2 amide bonds. The van der Waals surface area contributed by atoms with Gasteiger partial charge in [0, 0.05) is 27.7 Å². The van der Waals surface area contributed by atoms with Gasteiger partial charge in [0.05, 0.1) is 11.2 Å². The maximum Gasteiger partial charge on any atom is 0.512 e. The highest BCUT2D eigenvalue weighted by Crippen LogP contribution is 2.41. The van der Waals surface area contributed by atoms with E-state index in [2.05, 4.69) is 24.8 Å². The first-order valence-electron chi connectivity index (χ1n) is 9.09. The van der Waals surface area contributed by atoms with Crippen molar-refractivity contribution in [3.63, 3.8) is 0 Å². The number of thioether (sulfide) groups is 1. The molecule has 5 N–H and O–H groups in total. The monoisotopic (exact) mass is 509 g/mol. The summed E-state index contributed by atoms with van der Waals surface area (Å²) in [4.78, 5) is 46.6. The van der Waals surface area contributed by atoms with E-state index >= 15 is 0 Å². The highest BCUT2D eigenvalue weighted by Gasteiger charge is 2.54. The number of thiazole rings is 1. The highest BCUT2D eigenvalue weighted by molar-refractivity contribution is 8.00. The number of carboxylic acid groups (broad SMARTS) is 1. The Morgan fingerprint density at radius 3 is 2.82 bits per heavy atom. The number of rotatable bonds is 6. The molecule has 2 aliphatic rings. The lowest BCUT2D eigenvalue weighted by molar-refractivity contribution is -0.148. The largest absolute Gasteiger partial charge is 0.512 e. The van der Waals surface area contributed by atoms with Crippen LogP contribution in [-0.4, -0.2) is 70.4 Å². The summed E-state index contributed by atoms with van der Waals surface area (Å²) >= 11 is 3.54. The van der Waals surface area contributed by atoms with Crippen molar-refractivity contribution in [2.24, 2.45) is 5.16 Å². The minimum atomic E-state index is -1.57. The molecule has 13 nitrogen and oxygen atoms in total. The number of aryl methyl sites for hydroxylation is 1. The average Bonchev–Trinajstić information content (AvgIpc) is 3.38. The van der Waals surface area contributed by atoms with Crippen LogP contribution in [0, 0.1) is 6.92 Å². The molecule has 0 saturated carbocycles. The molecular formula is C17H15N7O6S3. The Hall–Kier alpha value is -3.50. The number of ether oxygens (including phenoxy) is 1. The van der Waals surface area contributed by atoms with Gasteiger partial charge in [0.1, 0.15) is 11.4 Å². The molecule has 16 heteroatoms. The number of nitrogens with zero attached hydrogens (tertiary/aromatic N) is 5. The molecule has 2 aromatic rings. The van der Waals surface area contributed by atoms with Crippen LogP contribution in [0.25, 0.3) is 6.08 Å². The van der Waals surface area contributed by atoms with Crippen LogP contribution in [0.4, 0.5) is 9.93 Å². The van der Waals surface area contributed by atoms with Gasteiger partial charge >= 0.3 is 6.16 Å². The lowest BCUT2D eigenvalue weighted by atomic mass is 10.1. The van der Waals surface area contributed by atoms with Crippen molar-refractivity contribution in [3.05, 3.63) is 39.4 Å². The van der Waals surface area contributed by atoms with E-state index in [1.165, 1.54) is 28.0 Å². The van der Waals surface area contributed by atoms with Crippen molar-refractivity contribution in [1.82, 2.24) is 24.6 Å². The normalized spacial score (nSPS) is 20.6. The first-order valence-corrected chi connectivity index (χ1v) is 11.8. The third-order valence-electron chi connectivity index (χ3n) is 4.60. The van der Waals surface area contributed by atoms with E-state index in [0.29, 0.717) is 11.3 Å². The Balaban J connectivity index is 1.54. The van der Waals surface area contributed by atoms with Gasteiger partial charge in [-0.3, -0.25) is 14.5 Å². The molecule has 2 aliphatic heterocycles. The van der Waals surface area contributed by atoms with Crippen molar-refractivity contribution < 1.29 is 29.4 Å². The summed E-state index contributed by atoms with van der Waals surface area (Å²) in [5.41, 5.74) is 7.98. The third kappa shape index (κ3) is 4.39. The van der Waals surface area contributed by atoms with E-state index < -0.39 is 35.1 Å². The van der Waals surface area contributed by atoms with E-state index in [1.54, 1.807) is 17.7 Å². The number of nitrogen functional groups attached to an aromatic ring is 1. The number of β-lactam (4-membered cyclic amide) rings is 1. The van der Waals surface area contributed by atoms with Gasteiger partial charge < -0.3 is 26.1 Å². The number of carbonyl (C=O) groups is 3. The number of allylic oxidation sites excluding steroid dienone is 1. The number of hydrogen-bond acceptors (Lipinski definition) is 13. The molecule has 1 saturated heterocycles. The van der Waals surface area contributed by atoms with Gasteiger partial charge in [0.2, 0.25) is 17.4 Å². The first kappa shape index (κ1) is 22.7. The molecule has 0 bridgehead atoms. The van der Waals surface area contributed by atoms with Gasteiger partial charge in [-0.1, -0.05) is 11.2 Å². The van der Waals surface area contributed by atoms with Crippen LogP contribution in [0.2, 0.25) is 0 Å². The summed E-state index contributed by atoms with van der Waals surface area (Å²) in [5.74, 6) is -1.45. The van der Waals surface area contributed by atoms with Gasteiger partial charge in [0.15, 0.2) is 5.13 Å². The smallest absolute Gasteiger partial charge is 0.449 e. The second-order valence-corrected chi connectivity index (χ2v) is 9.37. The second-order valence-electron chi connectivity index (χ2n) is 6.60. The number of nitrogens with one attached hydrogen (secondary N) is 1. The predicted octanol–water partition coefficient (Wildman–Crippen LogP) is 1.08. The van der Waals surface area contributed by atoms with Gasteiger partial charge in [0.25, 0.3) is 11.8 Å². The summed E-state index contributed by atoms with van der Waals surface area (Å²) in [6, 6.07) is -1.00. The zero-order chi connectivity index (χ0) is 23.7. The number of anilines is 1. The minimum absolute atomic E-state index is 0.0717. The molecule has 0 radical (unpaired) electrons. The molecule has 0 spiro atoms. The minimum Gasteiger partial charge on any atom is -0.449 e. The quantitative estimate of drug-likeness (QED) is 0.143. The molecule has 2 atom stereocenters. The molecule has 0 aromatic carbocycles. The lowest BCUT2D eigenvalue weighted by Gasteiger charge is -2.48. The van der Waals surface area contributed by atoms with Gasteiger partial charge in [-0.05, 0) is 13.0 Å². The summed E-state index contributed by atoms with van der Waals surface area (Å²) in [5, 5.41) is 23.2. The zero-order valence-corrected chi connectivity index (χ0v) is 19.1. The molecule has 0 aliphatic carbocycles. The number of amides is 2. The molecule has 2 aromatic heterocycles. The summed E-state index contributed by atoms with van der Waals surface area (Å²) < 4.78 is 8.73. The van der Waals surface area contributed by atoms with E-state index in [-0.39, 0.29) is 16.8 Å². The fourth-order valence-electron chi connectivity index (χ4n) is 3.07. The lowest BCUT2D eigenvalue weighted by Crippen LogP contribution is -2.70. The zero-order valence-electron chi connectivity index (χ0n) is 16.7. The average molecular weight is 510 g/mol. The summed E-state index contributed by atoms with van der Waals surface area (Å²) in [6.45, 7) is 1.84. The summed E-state index contributed by atoms with van der Waals surface area (Å²) in [6.07, 6.45) is 1.88. The van der Waals surface area contributed by atoms with Gasteiger partial charge in [-0.2, -0.15) is 9.36 Å². The molecule has 33 heavy (non-hydrogen) atoms. The highest BCUT2D eigenvalue weighted by atomic mass is 32.2. The molecule has 1 unspecified atom stereocenters. The number of nitrogens with two attached hydrogens (primary N) is 1. The maximum atomic E-state index is 12.8. The van der Waals surface area contributed by atoms with Crippen molar-refractivity contribution in [3.8, 4) is 0 Å². The van der Waals surface area contributed by atoms with E-state index in [1.807, 2.05) is 6.92 Å². The Morgan fingerprint density at radius 1 is 1.42 bits per heavy atom. The SMILES string of the molecule is Cc1ncsc1C=CC1=C(OC(=O)O)N2C(=O)C(NC(=O)C(=NO)c3nsc(N)n3)[C@@H]2SC1. The van der Waals surface area contributed by atoms with Crippen LogP contribution in [-0.2, 0) is 14.3 Å². The second kappa shape index (κ2) is 9.16. The Bertz CT molecular complexity index is 1220. The van der Waals surface area contributed by atoms with E-state index in [9.17, 15) is 19.6 Å². The topological polar surface area (TPSA) is 193 Å². The van der Waals surface area contributed by atoms with Crippen LogP contribution in [0.1, 0.15) is 16.4 Å². The summed E-state index contributed by atoms with van der Waals surface area (Å²) in [7, 11) is 0. The number of aromatic nitrogens is 3. The maximum absolute atomic E-state index is 12.8. The number of oxime groups is 1.